The van der Waals surface area contributed by atoms with Gasteiger partial charge in [-0.3, -0.25) is 9.88 Å². The Morgan fingerprint density at radius 1 is 1.50 bits per heavy atom. The fourth-order valence-electron chi connectivity index (χ4n) is 3.32. The van der Waals surface area contributed by atoms with E-state index >= 15 is 0 Å². The number of hydrogen-bond acceptors (Lipinski definition) is 4. The molecule has 0 amide bonds. The largest absolute Gasteiger partial charge is 0.329 e. The van der Waals surface area contributed by atoms with Gasteiger partial charge in [0.05, 0.1) is 5.69 Å². The molecular weight excluding hydrogens is 248 g/mol. The van der Waals surface area contributed by atoms with E-state index in [1.807, 2.05) is 12.3 Å². The van der Waals surface area contributed by atoms with Crippen LogP contribution in [0.3, 0.4) is 0 Å². The number of likely N-dealkylation sites (tertiary alicyclic amines) is 1. The van der Waals surface area contributed by atoms with Crippen LogP contribution in [0.1, 0.15) is 32.4 Å². The number of rotatable bonds is 5. The summed E-state index contributed by atoms with van der Waals surface area (Å²) in [6.07, 6.45) is 4.15. The van der Waals surface area contributed by atoms with Crippen LogP contribution < -0.4 is 5.73 Å². The molecule has 1 aliphatic heterocycles. The molecule has 1 aliphatic rings. The van der Waals surface area contributed by atoms with Gasteiger partial charge in [-0.15, -0.1) is 0 Å². The van der Waals surface area contributed by atoms with Crippen molar-refractivity contribution >= 4 is 0 Å². The zero-order chi connectivity index (χ0) is 14.6. The van der Waals surface area contributed by atoms with Crippen LogP contribution in [-0.2, 0) is 6.54 Å². The number of nitrogens with two attached hydrogens (primary N) is 1. The zero-order valence-electron chi connectivity index (χ0n) is 13.0. The first-order valence-electron chi connectivity index (χ1n) is 7.66. The van der Waals surface area contributed by atoms with Gasteiger partial charge in [0.15, 0.2) is 0 Å². The molecule has 112 valence electrons. The molecule has 0 saturated carbocycles. The highest BCUT2D eigenvalue weighted by Crippen LogP contribution is 2.31. The van der Waals surface area contributed by atoms with E-state index < -0.39 is 0 Å². The van der Waals surface area contributed by atoms with Gasteiger partial charge in [0.1, 0.15) is 0 Å². The smallest absolute Gasteiger partial charge is 0.0544 e. The highest BCUT2D eigenvalue weighted by Gasteiger charge is 2.40. The molecule has 2 unspecified atom stereocenters. The summed E-state index contributed by atoms with van der Waals surface area (Å²) in [5.74, 6) is 0. The van der Waals surface area contributed by atoms with Gasteiger partial charge in [-0.25, -0.2) is 0 Å². The Kier molecular flexibility index (Phi) is 5.13. The van der Waals surface area contributed by atoms with Crippen LogP contribution in [-0.4, -0.2) is 53.0 Å². The van der Waals surface area contributed by atoms with Crippen LogP contribution in [0.4, 0.5) is 0 Å². The van der Waals surface area contributed by atoms with Gasteiger partial charge in [0, 0.05) is 30.9 Å². The summed E-state index contributed by atoms with van der Waals surface area (Å²) in [5, 5.41) is 0. The van der Waals surface area contributed by atoms with Gasteiger partial charge in [-0.2, -0.15) is 0 Å². The van der Waals surface area contributed by atoms with E-state index in [-0.39, 0.29) is 5.54 Å². The lowest BCUT2D eigenvalue weighted by Crippen LogP contribution is -2.60. The summed E-state index contributed by atoms with van der Waals surface area (Å²) in [7, 11) is 2.21. The number of hydrogen-bond donors (Lipinski definition) is 1. The molecule has 20 heavy (non-hydrogen) atoms. The Morgan fingerprint density at radius 2 is 2.30 bits per heavy atom. The van der Waals surface area contributed by atoms with Gasteiger partial charge in [-0.05, 0) is 52.0 Å². The van der Waals surface area contributed by atoms with Gasteiger partial charge in [0.2, 0.25) is 0 Å². The Morgan fingerprint density at radius 3 is 2.85 bits per heavy atom. The van der Waals surface area contributed by atoms with E-state index in [1.165, 1.54) is 0 Å². The lowest BCUT2D eigenvalue weighted by Gasteiger charge is -2.50. The molecule has 2 N–H and O–H groups in total. The molecule has 1 fully saturated rings. The highest BCUT2D eigenvalue weighted by molar-refractivity contribution is 5.06. The van der Waals surface area contributed by atoms with Crippen molar-refractivity contribution < 1.29 is 0 Å². The van der Waals surface area contributed by atoms with E-state index in [1.54, 1.807) is 0 Å². The van der Waals surface area contributed by atoms with E-state index in [9.17, 15) is 0 Å². The van der Waals surface area contributed by atoms with Gasteiger partial charge >= 0.3 is 0 Å². The first-order chi connectivity index (χ1) is 9.61. The molecule has 0 aromatic carbocycles. The fourth-order valence-corrected chi connectivity index (χ4v) is 3.32. The molecule has 2 rings (SSSR count). The molecule has 0 aliphatic carbocycles. The molecule has 0 bridgehead atoms. The molecule has 2 heterocycles. The standard InChI is InChI=1S/C16H28N4/c1-4-20(12-15-7-5-6-9-18-15)16(13-17)8-10-19(3)14(2)11-16/h5-7,9,14H,4,8,10-13,17H2,1-3H3. The summed E-state index contributed by atoms with van der Waals surface area (Å²) >= 11 is 0. The van der Waals surface area contributed by atoms with Gasteiger partial charge < -0.3 is 10.6 Å². The monoisotopic (exact) mass is 276 g/mol. The molecule has 4 nitrogen and oxygen atoms in total. The Balaban J connectivity index is 2.15. The van der Waals surface area contributed by atoms with E-state index in [4.69, 9.17) is 5.73 Å². The third-order valence-electron chi connectivity index (χ3n) is 4.87. The van der Waals surface area contributed by atoms with Crippen molar-refractivity contribution in [3.63, 3.8) is 0 Å². The SMILES string of the molecule is CCN(Cc1ccccn1)C1(CN)CCN(C)C(C)C1. The summed E-state index contributed by atoms with van der Waals surface area (Å²) in [4.78, 5) is 9.43. The topological polar surface area (TPSA) is 45.4 Å². The van der Waals surface area contributed by atoms with Crippen LogP contribution in [0.2, 0.25) is 0 Å². The van der Waals surface area contributed by atoms with Crippen molar-refractivity contribution in [3.05, 3.63) is 30.1 Å². The average Bonchev–Trinajstić information content (AvgIpc) is 2.49. The summed E-state index contributed by atoms with van der Waals surface area (Å²) in [6, 6.07) is 6.72. The van der Waals surface area contributed by atoms with E-state index in [2.05, 4.69) is 47.8 Å². The van der Waals surface area contributed by atoms with Crippen molar-refractivity contribution in [1.29, 1.82) is 0 Å². The van der Waals surface area contributed by atoms with Crippen molar-refractivity contribution in [2.45, 2.75) is 44.8 Å². The molecular formula is C16H28N4. The molecule has 4 heteroatoms. The predicted molar refractivity (Wildman–Crippen MR) is 83.4 cm³/mol. The van der Waals surface area contributed by atoms with Crippen molar-refractivity contribution in [1.82, 2.24) is 14.8 Å². The van der Waals surface area contributed by atoms with Crippen molar-refractivity contribution in [3.8, 4) is 0 Å². The molecule has 2 atom stereocenters. The molecule has 0 radical (unpaired) electrons. The number of piperidine rings is 1. The third-order valence-corrected chi connectivity index (χ3v) is 4.87. The average molecular weight is 276 g/mol. The Labute approximate surface area is 123 Å². The highest BCUT2D eigenvalue weighted by atomic mass is 15.2. The van der Waals surface area contributed by atoms with Crippen molar-refractivity contribution in [2.75, 3.05) is 26.7 Å². The molecule has 1 saturated heterocycles. The maximum Gasteiger partial charge on any atom is 0.0544 e. The molecule has 0 spiro atoms. The second-order valence-corrected chi connectivity index (χ2v) is 6.05. The Bertz CT molecular complexity index is 408. The number of pyridine rings is 1. The number of nitrogens with zero attached hydrogens (tertiary/aromatic N) is 3. The zero-order valence-corrected chi connectivity index (χ0v) is 13.0. The maximum absolute atomic E-state index is 6.20. The van der Waals surface area contributed by atoms with Crippen LogP contribution in [0.25, 0.3) is 0 Å². The Hall–Kier alpha value is -0.970. The lowest BCUT2D eigenvalue weighted by molar-refractivity contribution is 0.00749. The van der Waals surface area contributed by atoms with Crippen LogP contribution in [0.15, 0.2) is 24.4 Å². The van der Waals surface area contributed by atoms with Crippen LogP contribution >= 0.6 is 0 Å². The number of likely N-dealkylation sites (N-methyl/N-ethyl adjacent to an activating group) is 1. The van der Waals surface area contributed by atoms with E-state index in [0.29, 0.717) is 6.04 Å². The number of aromatic nitrogens is 1. The van der Waals surface area contributed by atoms with Gasteiger partial charge in [-0.1, -0.05) is 13.0 Å². The maximum atomic E-state index is 6.20. The molecule has 1 aromatic heterocycles. The van der Waals surface area contributed by atoms with E-state index in [0.717, 1.165) is 44.7 Å². The summed E-state index contributed by atoms with van der Waals surface area (Å²) < 4.78 is 0. The summed E-state index contributed by atoms with van der Waals surface area (Å²) in [5.41, 5.74) is 7.45. The second-order valence-electron chi connectivity index (χ2n) is 6.05. The predicted octanol–water partition coefficient (Wildman–Crippen LogP) is 1.72. The first-order valence-corrected chi connectivity index (χ1v) is 7.66. The summed E-state index contributed by atoms with van der Waals surface area (Å²) in [6.45, 7) is 8.29. The third kappa shape index (κ3) is 3.19. The minimum Gasteiger partial charge on any atom is -0.329 e. The minimum absolute atomic E-state index is 0.123. The second kappa shape index (κ2) is 6.66. The lowest BCUT2D eigenvalue weighted by atomic mass is 9.82. The fraction of sp³-hybridized carbons (Fsp3) is 0.688. The first kappa shape index (κ1) is 15.4. The van der Waals surface area contributed by atoms with Crippen molar-refractivity contribution in [2.24, 2.45) is 5.73 Å². The quantitative estimate of drug-likeness (QED) is 0.889. The minimum atomic E-state index is 0.123. The normalized spacial score (nSPS) is 27.9. The van der Waals surface area contributed by atoms with Crippen LogP contribution in [0.5, 0.6) is 0 Å². The van der Waals surface area contributed by atoms with Gasteiger partial charge in [0.25, 0.3) is 0 Å². The van der Waals surface area contributed by atoms with Crippen LogP contribution in [0, 0.1) is 0 Å². The molecule has 1 aromatic rings.